The Bertz CT molecular complexity index is 341. The lowest BCUT2D eigenvalue weighted by Gasteiger charge is -2.20. The van der Waals surface area contributed by atoms with Crippen LogP contribution in [0, 0.1) is 0 Å². The molecule has 2 aliphatic rings. The van der Waals surface area contributed by atoms with E-state index in [1.165, 1.54) is 17.7 Å². The van der Waals surface area contributed by atoms with Gasteiger partial charge < -0.3 is 9.19 Å². The van der Waals surface area contributed by atoms with Gasteiger partial charge in [0, 0.05) is 5.69 Å². The summed E-state index contributed by atoms with van der Waals surface area (Å²) in [6.07, 6.45) is 1.17. The van der Waals surface area contributed by atoms with E-state index in [0.29, 0.717) is 6.04 Å². The van der Waals surface area contributed by atoms with Crippen molar-refractivity contribution in [2.24, 2.45) is 0 Å². The predicted octanol–water partition coefficient (Wildman–Crippen LogP) is 2.39. The van der Waals surface area contributed by atoms with Gasteiger partial charge in [0.25, 0.3) is 0 Å². The van der Waals surface area contributed by atoms with E-state index in [4.69, 9.17) is 4.52 Å². The first-order chi connectivity index (χ1) is 6.36. The number of fused-ring (bicyclic) bond motifs is 3. The number of nitrogens with zero attached hydrogens (tertiary/aromatic N) is 1. The van der Waals surface area contributed by atoms with Crippen LogP contribution in [0.25, 0.3) is 0 Å². The second-order valence-electron chi connectivity index (χ2n) is 3.59. The van der Waals surface area contributed by atoms with Crippen molar-refractivity contribution in [1.82, 2.24) is 0 Å². The summed E-state index contributed by atoms with van der Waals surface area (Å²) in [7, 11) is -0.359. The average Bonchev–Trinajstić information content (AvgIpc) is 2.66. The van der Waals surface area contributed by atoms with Crippen LogP contribution in [0.15, 0.2) is 24.3 Å². The molecule has 2 nitrogen and oxygen atoms in total. The summed E-state index contributed by atoms with van der Waals surface area (Å²) in [5, 5.41) is 0. The van der Waals surface area contributed by atoms with Crippen LogP contribution in [-0.4, -0.2) is 19.3 Å². The zero-order valence-electron chi connectivity index (χ0n) is 7.60. The Morgan fingerprint density at radius 2 is 2.31 bits per heavy atom. The highest BCUT2D eigenvalue weighted by molar-refractivity contribution is 7.53. The second kappa shape index (κ2) is 2.70. The number of hydrogen-bond donors (Lipinski definition) is 0. The van der Waals surface area contributed by atoms with Crippen LogP contribution in [0.1, 0.15) is 5.56 Å². The fourth-order valence-electron chi connectivity index (χ4n) is 2.21. The van der Waals surface area contributed by atoms with Crippen LogP contribution in [0.2, 0.25) is 0 Å². The molecule has 0 bridgehead atoms. The van der Waals surface area contributed by atoms with Crippen LogP contribution in [0.5, 0.6) is 0 Å². The van der Waals surface area contributed by atoms with Crippen molar-refractivity contribution in [1.29, 1.82) is 0 Å². The van der Waals surface area contributed by atoms with Gasteiger partial charge in [0.2, 0.25) is 0 Å². The summed E-state index contributed by atoms with van der Waals surface area (Å²) in [6.45, 7) is 3.11. The summed E-state index contributed by atoms with van der Waals surface area (Å²) in [5.41, 5.74) is 2.89. The van der Waals surface area contributed by atoms with Gasteiger partial charge in [-0.15, -0.1) is 0 Å². The summed E-state index contributed by atoms with van der Waals surface area (Å²) in [5.74, 6) is 0. The Labute approximate surface area is 79.4 Å². The van der Waals surface area contributed by atoms with Crippen molar-refractivity contribution in [2.45, 2.75) is 12.5 Å². The van der Waals surface area contributed by atoms with Gasteiger partial charge in [0.15, 0.2) is 0 Å². The monoisotopic (exact) mass is 193 g/mol. The standard InChI is InChI=1S/C10H12NOP/c1-13-11-9(7-12-13)6-8-4-2-3-5-10(8)11/h2-5,9H,6-7H2,1H3/t9?,13-/m1/s1. The van der Waals surface area contributed by atoms with E-state index in [2.05, 4.69) is 35.6 Å². The van der Waals surface area contributed by atoms with Gasteiger partial charge in [0.05, 0.1) is 12.6 Å². The van der Waals surface area contributed by atoms with Crippen LogP contribution < -0.4 is 4.67 Å². The highest BCUT2D eigenvalue weighted by atomic mass is 31.2. The Morgan fingerprint density at radius 1 is 1.46 bits per heavy atom. The van der Waals surface area contributed by atoms with E-state index in [1.807, 2.05) is 0 Å². The minimum absolute atomic E-state index is 0.359. The first kappa shape index (κ1) is 7.78. The summed E-state index contributed by atoms with van der Waals surface area (Å²) in [6, 6.07) is 9.30. The molecule has 1 saturated heterocycles. The molecule has 2 heterocycles. The van der Waals surface area contributed by atoms with E-state index >= 15 is 0 Å². The molecule has 0 radical (unpaired) electrons. The lowest BCUT2D eigenvalue weighted by Crippen LogP contribution is -2.22. The lowest BCUT2D eigenvalue weighted by atomic mass is 10.1. The Morgan fingerprint density at radius 3 is 3.23 bits per heavy atom. The fraction of sp³-hybridized carbons (Fsp3) is 0.400. The molecule has 2 atom stereocenters. The van der Waals surface area contributed by atoms with Crippen LogP contribution in [0.3, 0.4) is 0 Å². The molecule has 1 fully saturated rings. The van der Waals surface area contributed by atoms with E-state index < -0.39 is 0 Å². The lowest BCUT2D eigenvalue weighted by molar-refractivity contribution is 0.365. The van der Waals surface area contributed by atoms with Crippen molar-refractivity contribution in [2.75, 3.05) is 17.9 Å². The molecule has 2 aliphatic heterocycles. The highest BCUT2D eigenvalue weighted by Crippen LogP contribution is 2.53. The van der Waals surface area contributed by atoms with Gasteiger partial charge in [-0.25, -0.2) is 0 Å². The Hall–Kier alpha value is -0.590. The minimum Gasteiger partial charge on any atom is -0.337 e. The van der Waals surface area contributed by atoms with Crippen molar-refractivity contribution in [3.63, 3.8) is 0 Å². The number of para-hydroxylation sites is 1. The summed E-state index contributed by atoms with van der Waals surface area (Å²) < 4.78 is 8.13. The second-order valence-corrected chi connectivity index (χ2v) is 5.21. The molecule has 0 spiro atoms. The number of anilines is 1. The third kappa shape index (κ3) is 1.02. The summed E-state index contributed by atoms with van der Waals surface area (Å²) >= 11 is 0. The molecule has 1 aromatic rings. The maximum Gasteiger partial charge on any atom is 0.129 e. The Balaban J connectivity index is 2.08. The fourth-order valence-corrected chi connectivity index (χ4v) is 3.83. The molecule has 0 saturated carbocycles. The molecule has 3 rings (SSSR count). The van der Waals surface area contributed by atoms with Crippen molar-refractivity contribution in [3.8, 4) is 0 Å². The van der Waals surface area contributed by atoms with E-state index in [9.17, 15) is 0 Å². The molecule has 13 heavy (non-hydrogen) atoms. The first-order valence-corrected chi connectivity index (χ1v) is 6.26. The number of hydrogen-bond acceptors (Lipinski definition) is 2. The van der Waals surface area contributed by atoms with Crippen molar-refractivity contribution < 1.29 is 4.52 Å². The molecular formula is C10H12NOP. The topological polar surface area (TPSA) is 12.5 Å². The maximum atomic E-state index is 5.67. The number of benzene rings is 1. The van der Waals surface area contributed by atoms with Crippen molar-refractivity contribution >= 4 is 14.0 Å². The highest BCUT2D eigenvalue weighted by Gasteiger charge is 2.38. The van der Waals surface area contributed by atoms with Crippen LogP contribution in [-0.2, 0) is 10.9 Å². The maximum absolute atomic E-state index is 5.67. The van der Waals surface area contributed by atoms with E-state index in [-0.39, 0.29) is 8.30 Å². The minimum atomic E-state index is -0.359. The third-order valence-electron chi connectivity index (χ3n) is 2.80. The van der Waals surface area contributed by atoms with Gasteiger partial charge in [0.1, 0.15) is 8.30 Å². The zero-order valence-corrected chi connectivity index (χ0v) is 8.50. The van der Waals surface area contributed by atoms with Gasteiger partial charge in [-0.2, -0.15) is 0 Å². The molecule has 3 heteroatoms. The van der Waals surface area contributed by atoms with Gasteiger partial charge in [-0.1, -0.05) is 18.2 Å². The van der Waals surface area contributed by atoms with Gasteiger partial charge in [-0.05, 0) is 24.7 Å². The van der Waals surface area contributed by atoms with Gasteiger partial charge >= 0.3 is 0 Å². The molecule has 0 aromatic heterocycles. The van der Waals surface area contributed by atoms with E-state index in [0.717, 1.165) is 6.61 Å². The summed E-state index contributed by atoms with van der Waals surface area (Å²) in [4.78, 5) is 0. The molecule has 1 aromatic carbocycles. The largest absolute Gasteiger partial charge is 0.337 e. The van der Waals surface area contributed by atoms with Crippen LogP contribution in [0.4, 0.5) is 5.69 Å². The average molecular weight is 193 g/mol. The zero-order chi connectivity index (χ0) is 8.84. The van der Waals surface area contributed by atoms with E-state index in [1.54, 1.807) is 0 Å². The smallest absolute Gasteiger partial charge is 0.129 e. The number of rotatable bonds is 0. The molecule has 0 N–H and O–H groups in total. The van der Waals surface area contributed by atoms with Crippen molar-refractivity contribution in [3.05, 3.63) is 29.8 Å². The molecule has 0 aliphatic carbocycles. The molecule has 0 amide bonds. The van der Waals surface area contributed by atoms with Gasteiger partial charge in [-0.3, -0.25) is 0 Å². The normalized spacial score (nSPS) is 30.4. The third-order valence-corrected chi connectivity index (χ3v) is 4.47. The molecule has 68 valence electrons. The predicted molar refractivity (Wildman–Crippen MR) is 55.2 cm³/mol. The Kier molecular flexibility index (Phi) is 1.61. The quantitative estimate of drug-likeness (QED) is 0.586. The molecule has 1 unspecified atom stereocenters. The van der Waals surface area contributed by atoms with Crippen LogP contribution >= 0.6 is 8.30 Å². The first-order valence-electron chi connectivity index (χ1n) is 4.60. The SMILES string of the molecule is C[P@@]1OCC2Cc3ccccc3N21. The molecular weight excluding hydrogens is 181 g/mol.